The molecule has 6 fully saturated rings. The standard InChI is InChI=1S/C76H136N4O33/c1-6-8-10-12-14-16-18-20-22-24-26-28-30-32-45(90)44(80-52(91)33-31-29-27-25-23-21-19-17-15-13-11-9-7-2)40-102-74-63(99)61(97)66(49(37-84)106-74)109-75-64(100)62(98)67(50(38-85)107-75)110-76-65(101)70(68(51(39-86)108-76)111-71-53(77-41(3)87)59(95)56(92)46(34-81)103-71)113-73-55(79-43(5)89)69(58(94)48(36-83)105-73)112-72-54(78-42(4)88)60(96)57(93)47(35-82)104-72/h30,32,44-51,53-76,81-86,90,92-101H,6-29,31,33-40H2,1-5H3,(H,77,87)(H,78,88)(H,79,89)(H,80,91)/b32-30+/t44-,45+,46?,47?,48?,49?,50?,51?,53?,54?,55?,56-,57-,58-,59+,60+,61+,62+,63?,64?,65?,66+,67-,68-,69+,70+,71-,72+,73-,74+,75-,76-/m0/s1. The van der Waals surface area contributed by atoms with E-state index in [0.717, 1.165) is 72.1 Å². The minimum absolute atomic E-state index is 0.167. The van der Waals surface area contributed by atoms with E-state index in [1.807, 2.05) is 6.08 Å². The zero-order chi connectivity index (χ0) is 82.8. The van der Waals surface area contributed by atoms with Crippen molar-refractivity contribution >= 4 is 23.6 Å². The molecule has 0 aliphatic carbocycles. The number of allylic oxidation sites excluding steroid dienone is 1. The summed E-state index contributed by atoms with van der Waals surface area (Å²) in [6, 6.07) is -6.34. The van der Waals surface area contributed by atoms with Gasteiger partial charge in [-0.2, -0.15) is 0 Å². The van der Waals surface area contributed by atoms with Crippen molar-refractivity contribution in [1.29, 1.82) is 0 Å². The normalized spacial score (nSPS) is 36.9. The first-order valence-electron chi connectivity index (χ1n) is 41.0. The predicted molar refractivity (Wildman–Crippen MR) is 396 cm³/mol. The van der Waals surface area contributed by atoms with Gasteiger partial charge in [-0.25, -0.2) is 0 Å². The quantitative estimate of drug-likeness (QED) is 0.0212. The highest BCUT2D eigenvalue weighted by Gasteiger charge is 2.59. The number of aliphatic hydroxyl groups is 17. The summed E-state index contributed by atoms with van der Waals surface area (Å²) in [5.41, 5.74) is 0. The maximum atomic E-state index is 13.5. The first-order chi connectivity index (χ1) is 54.2. The molecule has 0 saturated carbocycles. The molecule has 113 heavy (non-hydrogen) atoms. The third-order valence-electron chi connectivity index (χ3n) is 21.6. The second-order valence-corrected chi connectivity index (χ2v) is 30.7. The molecule has 6 aliphatic heterocycles. The van der Waals surface area contributed by atoms with Crippen molar-refractivity contribution in [1.82, 2.24) is 21.3 Å². The lowest BCUT2D eigenvalue weighted by Crippen LogP contribution is -2.72. The molecule has 6 heterocycles. The van der Waals surface area contributed by atoms with Gasteiger partial charge in [-0.3, -0.25) is 19.2 Å². The second-order valence-electron chi connectivity index (χ2n) is 30.7. The van der Waals surface area contributed by atoms with Crippen LogP contribution in [0, 0.1) is 0 Å². The second kappa shape index (κ2) is 51.8. The summed E-state index contributed by atoms with van der Waals surface area (Å²) >= 11 is 0. The van der Waals surface area contributed by atoms with Crippen molar-refractivity contribution in [3.8, 4) is 0 Å². The molecule has 12 unspecified atom stereocenters. The molecule has 658 valence electrons. The van der Waals surface area contributed by atoms with E-state index in [2.05, 4.69) is 35.1 Å². The van der Waals surface area contributed by atoms with Crippen LogP contribution in [0.5, 0.6) is 0 Å². The molecule has 6 aliphatic rings. The largest absolute Gasteiger partial charge is 0.394 e. The molecule has 0 aromatic heterocycles. The fourth-order valence-electron chi connectivity index (χ4n) is 15.1. The molecular formula is C76H136N4O33. The van der Waals surface area contributed by atoms with E-state index < -0.39 is 260 Å². The van der Waals surface area contributed by atoms with E-state index in [4.69, 9.17) is 56.8 Å². The van der Waals surface area contributed by atoms with Crippen LogP contribution in [0.3, 0.4) is 0 Å². The minimum atomic E-state index is -2.40. The highest BCUT2D eigenvalue weighted by atomic mass is 16.8. The number of hydrogen-bond donors (Lipinski definition) is 21. The Bertz CT molecular complexity index is 2690. The number of carbonyl (C=O) groups is 4. The molecule has 6 rings (SSSR count). The van der Waals surface area contributed by atoms with Gasteiger partial charge in [0.25, 0.3) is 0 Å². The van der Waals surface area contributed by atoms with Crippen molar-refractivity contribution < 1.29 is 163 Å². The fourth-order valence-corrected chi connectivity index (χ4v) is 15.1. The lowest BCUT2D eigenvalue weighted by molar-refractivity contribution is -0.398. The SMILES string of the molecule is CCCCCCCCCCCCC/C=C/[C@@H](O)[C@H](CO[C@@H]1OC(CO)[C@@H](O[C@@H]2OC(CO)[C@H](O[C@@H]3OC(CO)[C@H](O[C@@H]4OC(CO)[C@H](O)[C@H](O)C4NC(C)=O)[C@H](O[C@@H]4OC(CO)[C@H](O)[C@H](O[C@H]5OC(CO)[C@H](O)[C@H](O)C5NC(C)=O)C4NC(C)=O)C3O)[C@H](O)C2O)[C@H](O)C1O)NC(=O)CCCCCCCCCCCCCCC. The molecule has 4 amide bonds. The van der Waals surface area contributed by atoms with E-state index in [-0.39, 0.29) is 12.3 Å². The minimum Gasteiger partial charge on any atom is -0.394 e. The third kappa shape index (κ3) is 29.7. The first kappa shape index (κ1) is 98.3. The van der Waals surface area contributed by atoms with E-state index in [0.29, 0.717) is 12.8 Å². The Labute approximate surface area is 661 Å². The number of unbranched alkanes of at least 4 members (excludes halogenated alkanes) is 23. The van der Waals surface area contributed by atoms with E-state index in [9.17, 15) is 106 Å². The number of rotatable bonds is 51. The highest BCUT2D eigenvalue weighted by Crippen LogP contribution is 2.39. The van der Waals surface area contributed by atoms with Gasteiger partial charge in [-0.05, 0) is 19.3 Å². The molecule has 0 aromatic carbocycles. The molecule has 32 atom stereocenters. The molecule has 0 aromatic rings. The predicted octanol–water partition coefficient (Wildman–Crippen LogP) is -3.06. The average Bonchev–Trinajstić information content (AvgIpc) is 0.760. The Kier molecular flexibility index (Phi) is 45.1. The molecule has 37 nitrogen and oxygen atoms in total. The van der Waals surface area contributed by atoms with Crippen LogP contribution in [-0.4, -0.2) is 353 Å². The van der Waals surface area contributed by atoms with Crippen molar-refractivity contribution in [2.45, 2.75) is 398 Å². The van der Waals surface area contributed by atoms with Crippen LogP contribution in [0.15, 0.2) is 12.2 Å². The number of amides is 4. The fraction of sp³-hybridized carbons (Fsp3) is 0.921. The van der Waals surface area contributed by atoms with Gasteiger partial charge in [0, 0.05) is 27.2 Å². The summed E-state index contributed by atoms with van der Waals surface area (Å²) in [6.45, 7) is 0.840. The molecule has 0 bridgehead atoms. The molecule has 0 spiro atoms. The van der Waals surface area contributed by atoms with Crippen LogP contribution in [-0.2, 0) is 76.0 Å². The maximum Gasteiger partial charge on any atom is 0.220 e. The van der Waals surface area contributed by atoms with Crippen molar-refractivity contribution in [3.05, 3.63) is 12.2 Å². The summed E-state index contributed by atoms with van der Waals surface area (Å²) in [6.07, 6.45) is -22.7. The van der Waals surface area contributed by atoms with Crippen LogP contribution in [0.25, 0.3) is 0 Å². The van der Waals surface area contributed by atoms with Crippen molar-refractivity contribution in [2.24, 2.45) is 0 Å². The Morgan fingerprint density at radius 2 is 0.673 bits per heavy atom. The maximum absolute atomic E-state index is 13.5. The Hall–Kier alpha value is -3.54. The highest BCUT2D eigenvalue weighted by molar-refractivity contribution is 5.76. The molecular weight excluding hydrogens is 1500 g/mol. The number of ether oxygens (including phenoxy) is 12. The van der Waals surface area contributed by atoms with E-state index in [1.54, 1.807) is 6.08 Å². The number of nitrogens with one attached hydrogen (secondary N) is 4. The number of carbonyl (C=O) groups excluding carboxylic acids is 4. The van der Waals surface area contributed by atoms with Gasteiger partial charge >= 0.3 is 0 Å². The summed E-state index contributed by atoms with van der Waals surface area (Å²) in [7, 11) is 0. The van der Waals surface area contributed by atoms with Crippen molar-refractivity contribution in [3.63, 3.8) is 0 Å². The van der Waals surface area contributed by atoms with Crippen LogP contribution in [0.2, 0.25) is 0 Å². The lowest BCUT2D eigenvalue weighted by atomic mass is 9.93. The summed E-state index contributed by atoms with van der Waals surface area (Å²) in [5, 5.41) is 201. The van der Waals surface area contributed by atoms with Gasteiger partial charge in [-0.15, -0.1) is 0 Å². The monoisotopic (exact) mass is 1630 g/mol. The molecule has 6 saturated heterocycles. The summed E-state index contributed by atoms with van der Waals surface area (Å²) in [5.74, 6) is -2.86. The summed E-state index contributed by atoms with van der Waals surface area (Å²) < 4.78 is 72.7. The van der Waals surface area contributed by atoms with Crippen LogP contribution in [0.4, 0.5) is 0 Å². The average molecular weight is 1630 g/mol. The van der Waals surface area contributed by atoms with Crippen LogP contribution >= 0.6 is 0 Å². The van der Waals surface area contributed by atoms with Gasteiger partial charge in [-0.1, -0.05) is 167 Å². The van der Waals surface area contributed by atoms with Gasteiger partial charge in [0.15, 0.2) is 37.7 Å². The third-order valence-corrected chi connectivity index (χ3v) is 21.6. The van der Waals surface area contributed by atoms with Crippen molar-refractivity contribution in [2.75, 3.05) is 46.2 Å². The zero-order valence-corrected chi connectivity index (χ0v) is 66.1. The topological polar surface area (TPSA) is 571 Å². The smallest absolute Gasteiger partial charge is 0.220 e. The molecule has 0 radical (unpaired) electrons. The van der Waals surface area contributed by atoms with Crippen LogP contribution in [0.1, 0.15) is 202 Å². The van der Waals surface area contributed by atoms with E-state index >= 15 is 0 Å². The van der Waals surface area contributed by atoms with Gasteiger partial charge in [0.05, 0.1) is 58.4 Å². The first-order valence-corrected chi connectivity index (χ1v) is 41.0. The van der Waals surface area contributed by atoms with Gasteiger partial charge in [0.2, 0.25) is 23.6 Å². The Balaban J connectivity index is 1.18. The number of aliphatic hydroxyl groups excluding tert-OH is 17. The van der Waals surface area contributed by atoms with Crippen LogP contribution < -0.4 is 21.3 Å². The van der Waals surface area contributed by atoms with Gasteiger partial charge < -0.3 is 165 Å². The van der Waals surface area contributed by atoms with Gasteiger partial charge in [0.1, 0.15) is 146 Å². The Morgan fingerprint density at radius 1 is 0.345 bits per heavy atom. The molecule has 21 N–H and O–H groups in total. The summed E-state index contributed by atoms with van der Waals surface area (Å²) in [4.78, 5) is 51.8. The number of hydrogen-bond acceptors (Lipinski definition) is 33. The van der Waals surface area contributed by atoms with E-state index in [1.165, 1.54) is 96.3 Å². The lowest BCUT2D eigenvalue weighted by Gasteiger charge is -2.52. The Morgan fingerprint density at radius 3 is 1.10 bits per heavy atom. The zero-order valence-electron chi connectivity index (χ0n) is 66.1. The molecule has 37 heteroatoms.